The van der Waals surface area contributed by atoms with E-state index in [1.54, 1.807) is 12.4 Å². The second kappa shape index (κ2) is 11.0. The lowest BCUT2D eigenvalue weighted by molar-refractivity contribution is -0.122. The second-order valence-electron chi connectivity index (χ2n) is 11.4. The van der Waals surface area contributed by atoms with Crippen molar-refractivity contribution in [2.45, 2.75) is 25.7 Å². The fourth-order valence-corrected chi connectivity index (χ4v) is 6.21. The number of nitrogens with one attached hydrogen (secondary N) is 3. The van der Waals surface area contributed by atoms with Gasteiger partial charge in [0.15, 0.2) is 0 Å². The third-order valence-corrected chi connectivity index (χ3v) is 9.08. The SMILES string of the molecule is CS(=O)(=O)CCc1cc(F)cc(-c2cccc3[nH]c(-c4n[nH]c5ccc(-c6cncc(NC(=O)C7CCC7)c6)nc45)cc23)c1. The van der Waals surface area contributed by atoms with Crippen molar-refractivity contribution < 1.29 is 17.6 Å². The molecule has 9 nitrogen and oxygen atoms in total. The Kier molecular flexibility index (Phi) is 6.97. The molecule has 1 saturated carbocycles. The summed E-state index contributed by atoms with van der Waals surface area (Å²) in [6.07, 6.45) is 7.69. The molecule has 0 spiro atoms. The molecule has 0 radical (unpaired) electrons. The van der Waals surface area contributed by atoms with Gasteiger partial charge in [0.2, 0.25) is 5.91 Å². The van der Waals surface area contributed by atoms with E-state index in [4.69, 9.17) is 4.98 Å². The maximum Gasteiger partial charge on any atom is 0.227 e. The van der Waals surface area contributed by atoms with E-state index in [0.29, 0.717) is 33.7 Å². The van der Waals surface area contributed by atoms with Crippen LogP contribution in [0.2, 0.25) is 0 Å². The van der Waals surface area contributed by atoms with Crippen LogP contribution in [0.4, 0.5) is 10.1 Å². The largest absolute Gasteiger partial charge is 0.353 e. The van der Waals surface area contributed by atoms with Gasteiger partial charge < -0.3 is 10.3 Å². The molecular formula is C33H29FN6O3S. The van der Waals surface area contributed by atoms with Crippen LogP contribution in [-0.4, -0.2) is 51.5 Å². The summed E-state index contributed by atoms with van der Waals surface area (Å²) in [6, 6.07) is 18.0. The van der Waals surface area contributed by atoms with Gasteiger partial charge in [-0.15, -0.1) is 0 Å². The molecule has 0 aliphatic heterocycles. The van der Waals surface area contributed by atoms with Crippen molar-refractivity contribution >= 4 is 43.4 Å². The minimum atomic E-state index is -3.18. The first-order valence-electron chi connectivity index (χ1n) is 14.4. The number of hydrogen-bond donors (Lipinski definition) is 3. The normalized spacial score (nSPS) is 13.8. The van der Waals surface area contributed by atoms with Crippen molar-refractivity contribution in [3.8, 4) is 33.8 Å². The van der Waals surface area contributed by atoms with Gasteiger partial charge in [-0.25, -0.2) is 17.8 Å². The Morgan fingerprint density at radius 1 is 1.02 bits per heavy atom. The zero-order chi connectivity index (χ0) is 30.4. The first-order valence-corrected chi connectivity index (χ1v) is 16.5. The minimum Gasteiger partial charge on any atom is -0.353 e. The van der Waals surface area contributed by atoms with E-state index in [9.17, 15) is 17.6 Å². The molecule has 7 rings (SSSR count). The standard InChI is InChI=1S/C33H29FN6O3S/c1-44(42,43)11-10-19-12-21(14-23(34)13-19)25-6-3-7-28-26(25)16-30(37-28)32-31-29(39-40-32)9-8-27(38-31)22-15-24(18-35-17-22)36-33(41)20-4-2-5-20/h3,6-9,12-18,20,37H,2,4-5,10-11H2,1H3,(H,36,41)(H,39,40). The molecule has 222 valence electrons. The molecule has 4 aromatic heterocycles. The maximum absolute atomic E-state index is 14.7. The van der Waals surface area contributed by atoms with Crippen LogP contribution < -0.4 is 5.32 Å². The molecule has 1 amide bonds. The van der Waals surface area contributed by atoms with Gasteiger partial charge in [0, 0.05) is 34.8 Å². The lowest BCUT2D eigenvalue weighted by Gasteiger charge is -2.24. The van der Waals surface area contributed by atoms with Gasteiger partial charge in [0.1, 0.15) is 26.9 Å². The molecule has 44 heavy (non-hydrogen) atoms. The average molecular weight is 609 g/mol. The monoisotopic (exact) mass is 608 g/mol. The van der Waals surface area contributed by atoms with Crippen LogP contribution in [0.3, 0.4) is 0 Å². The summed E-state index contributed by atoms with van der Waals surface area (Å²) in [5.74, 6) is -0.376. The number of H-pyrrole nitrogens is 2. The fourth-order valence-electron chi connectivity index (χ4n) is 5.60. The van der Waals surface area contributed by atoms with Crippen LogP contribution in [0.1, 0.15) is 24.8 Å². The third kappa shape index (κ3) is 5.58. The first-order chi connectivity index (χ1) is 21.2. The Morgan fingerprint density at radius 3 is 2.68 bits per heavy atom. The van der Waals surface area contributed by atoms with Gasteiger partial charge in [-0.1, -0.05) is 24.6 Å². The summed E-state index contributed by atoms with van der Waals surface area (Å²) in [6.45, 7) is 0. The van der Waals surface area contributed by atoms with Gasteiger partial charge in [-0.3, -0.25) is 14.9 Å². The highest BCUT2D eigenvalue weighted by Crippen LogP contribution is 2.35. The number of anilines is 1. The predicted molar refractivity (Wildman–Crippen MR) is 169 cm³/mol. The third-order valence-electron chi connectivity index (χ3n) is 8.13. The highest BCUT2D eigenvalue weighted by molar-refractivity contribution is 7.90. The first kappa shape index (κ1) is 27.9. The molecule has 1 aliphatic carbocycles. The fraction of sp³-hybridized carbons (Fsp3) is 0.212. The van der Waals surface area contributed by atoms with Gasteiger partial charge in [0.05, 0.1) is 34.5 Å². The molecular weight excluding hydrogens is 579 g/mol. The number of fused-ring (bicyclic) bond motifs is 2. The van der Waals surface area contributed by atoms with Crippen molar-refractivity contribution in [3.63, 3.8) is 0 Å². The Labute approximate surface area is 252 Å². The lowest BCUT2D eigenvalue weighted by atomic mass is 9.85. The molecule has 3 N–H and O–H groups in total. The molecule has 1 aliphatic rings. The van der Waals surface area contributed by atoms with Gasteiger partial charge >= 0.3 is 0 Å². The van der Waals surface area contributed by atoms with E-state index in [-0.39, 0.29) is 24.0 Å². The molecule has 0 atom stereocenters. The van der Waals surface area contributed by atoms with Crippen molar-refractivity contribution in [2.24, 2.45) is 5.92 Å². The summed E-state index contributed by atoms with van der Waals surface area (Å²) >= 11 is 0. The Balaban J connectivity index is 1.23. The number of aromatic amines is 2. The van der Waals surface area contributed by atoms with Crippen LogP contribution in [0.15, 0.2) is 73.1 Å². The van der Waals surface area contributed by atoms with Crippen LogP contribution in [0.5, 0.6) is 0 Å². The summed E-state index contributed by atoms with van der Waals surface area (Å²) in [7, 11) is -3.18. The molecule has 0 unspecified atom stereocenters. The summed E-state index contributed by atoms with van der Waals surface area (Å²) < 4.78 is 38.0. The predicted octanol–water partition coefficient (Wildman–Crippen LogP) is 6.30. The zero-order valence-electron chi connectivity index (χ0n) is 23.9. The molecule has 11 heteroatoms. The molecule has 4 heterocycles. The quantitative estimate of drug-likeness (QED) is 0.186. The number of carbonyl (C=O) groups is 1. The number of hydrogen-bond acceptors (Lipinski definition) is 6. The number of amides is 1. The van der Waals surface area contributed by atoms with Gasteiger partial charge in [-0.05, 0) is 78.4 Å². The number of rotatable bonds is 8. The van der Waals surface area contributed by atoms with Crippen molar-refractivity contribution in [2.75, 3.05) is 17.3 Å². The highest BCUT2D eigenvalue weighted by atomic mass is 32.2. The summed E-state index contributed by atoms with van der Waals surface area (Å²) in [5, 5.41) is 11.5. The topological polar surface area (TPSA) is 133 Å². The summed E-state index contributed by atoms with van der Waals surface area (Å²) in [5.41, 5.74) is 7.79. The molecule has 6 aromatic rings. The van der Waals surface area contributed by atoms with E-state index < -0.39 is 15.7 Å². The second-order valence-corrected chi connectivity index (χ2v) is 13.7. The van der Waals surface area contributed by atoms with Crippen LogP contribution in [0, 0.1) is 11.7 Å². The average Bonchev–Trinajstić information content (AvgIpc) is 3.58. The van der Waals surface area contributed by atoms with E-state index in [0.717, 1.165) is 52.5 Å². The van der Waals surface area contributed by atoms with Crippen molar-refractivity contribution in [1.82, 2.24) is 25.1 Å². The maximum atomic E-state index is 14.7. The Bertz CT molecular complexity index is 2170. The number of halogens is 1. The number of aryl methyl sites for hydroxylation is 1. The number of nitrogens with zero attached hydrogens (tertiary/aromatic N) is 3. The van der Waals surface area contributed by atoms with Crippen molar-refractivity contribution in [3.05, 3.63) is 84.4 Å². The minimum absolute atomic E-state index is 0.0253. The molecule has 0 bridgehead atoms. The molecule has 0 saturated heterocycles. The van der Waals surface area contributed by atoms with Crippen molar-refractivity contribution in [1.29, 1.82) is 0 Å². The van der Waals surface area contributed by atoms with E-state index >= 15 is 0 Å². The smallest absolute Gasteiger partial charge is 0.227 e. The Morgan fingerprint density at radius 2 is 1.89 bits per heavy atom. The number of aromatic nitrogens is 5. The molecule has 1 fully saturated rings. The number of benzene rings is 2. The van der Waals surface area contributed by atoms with Gasteiger partial charge in [0.25, 0.3) is 0 Å². The van der Waals surface area contributed by atoms with E-state index in [1.165, 1.54) is 18.4 Å². The van der Waals surface area contributed by atoms with E-state index in [2.05, 4.69) is 25.5 Å². The zero-order valence-corrected chi connectivity index (χ0v) is 24.7. The Hall–Kier alpha value is -4.90. The van der Waals surface area contributed by atoms with E-state index in [1.807, 2.05) is 48.5 Å². The number of carbonyl (C=O) groups excluding carboxylic acids is 1. The molecule has 2 aromatic carbocycles. The number of pyridine rings is 2. The van der Waals surface area contributed by atoms with Crippen LogP contribution >= 0.6 is 0 Å². The highest BCUT2D eigenvalue weighted by Gasteiger charge is 2.25. The van der Waals surface area contributed by atoms with Crippen LogP contribution in [0.25, 0.3) is 55.7 Å². The lowest BCUT2D eigenvalue weighted by Crippen LogP contribution is -2.28. The van der Waals surface area contributed by atoms with Gasteiger partial charge in [-0.2, -0.15) is 5.10 Å². The summed E-state index contributed by atoms with van der Waals surface area (Å²) in [4.78, 5) is 25.1. The number of sulfone groups is 1. The van der Waals surface area contributed by atoms with Crippen LogP contribution in [-0.2, 0) is 21.1 Å².